The van der Waals surface area contributed by atoms with Crippen molar-refractivity contribution in [1.82, 2.24) is 10.3 Å². The number of aryl methyl sites for hydroxylation is 1. The lowest BCUT2D eigenvalue weighted by Crippen LogP contribution is -2.26. The summed E-state index contributed by atoms with van der Waals surface area (Å²) in [6.07, 6.45) is 2.66. The first kappa shape index (κ1) is 28.9. The molecular formula is C32H33N3O6S. The summed E-state index contributed by atoms with van der Waals surface area (Å²) < 4.78 is 33.8. The summed E-state index contributed by atoms with van der Waals surface area (Å²) in [6, 6.07) is 20.3. The Hall–Kier alpha value is -4.57. The smallest absolute Gasteiger partial charge is 0.271 e. The molecule has 1 aromatic heterocycles. The number of amides is 1. The second kappa shape index (κ2) is 12.1. The molecule has 0 aliphatic carbocycles. The van der Waals surface area contributed by atoms with E-state index in [1.807, 2.05) is 36.1 Å². The first-order chi connectivity index (χ1) is 20.3. The maximum atomic E-state index is 13.9. The Morgan fingerprint density at radius 3 is 2.50 bits per heavy atom. The van der Waals surface area contributed by atoms with Crippen molar-refractivity contribution in [3.63, 3.8) is 0 Å². The van der Waals surface area contributed by atoms with Gasteiger partial charge in [-0.2, -0.15) is 0 Å². The van der Waals surface area contributed by atoms with E-state index in [-0.39, 0.29) is 16.5 Å². The van der Waals surface area contributed by atoms with Crippen molar-refractivity contribution >= 4 is 27.1 Å². The molecule has 0 bridgehead atoms. The highest BCUT2D eigenvalue weighted by Gasteiger charge is 2.32. The highest BCUT2D eigenvalue weighted by molar-refractivity contribution is 7.91. The normalized spacial score (nSPS) is 13.1. The number of ether oxygens (including phenoxy) is 1. The van der Waals surface area contributed by atoms with Gasteiger partial charge in [-0.25, -0.2) is 8.42 Å². The topological polar surface area (TPSA) is 129 Å². The lowest BCUT2D eigenvalue weighted by atomic mass is 9.99. The van der Waals surface area contributed by atoms with E-state index in [1.54, 1.807) is 36.4 Å². The Morgan fingerprint density at radius 1 is 1.05 bits per heavy atom. The summed E-state index contributed by atoms with van der Waals surface area (Å²) in [5.74, 6) is -0.246. The fourth-order valence-corrected chi connectivity index (χ4v) is 6.62. The summed E-state index contributed by atoms with van der Waals surface area (Å²) >= 11 is 0. The molecule has 9 nitrogen and oxygen atoms in total. The van der Waals surface area contributed by atoms with Gasteiger partial charge < -0.3 is 25.0 Å². The number of H-pyrrole nitrogens is 1. The van der Waals surface area contributed by atoms with Gasteiger partial charge in [-0.15, -0.1) is 0 Å². The van der Waals surface area contributed by atoms with Crippen molar-refractivity contribution in [2.24, 2.45) is 0 Å². The number of rotatable bonds is 8. The minimum absolute atomic E-state index is 0.156. The van der Waals surface area contributed by atoms with E-state index >= 15 is 0 Å². The molecule has 0 radical (unpaired) electrons. The predicted molar refractivity (Wildman–Crippen MR) is 162 cm³/mol. The molecule has 1 amide bonds. The lowest BCUT2D eigenvalue weighted by Gasteiger charge is -2.27. The number of para-hydroxylation sites is 2. The number of aromatic amines is 1. The zero-order valence-electron chi connectivity index (χ0n) is 23.5. The monoisotopic (exact) mass is 587 g/mol. The van der Waals surface area contributed by atoms with Gasteiger partial charge in [-0.3, -0.25) is 9.59 Å². The van der Waals surface area contributed by atoms with Crippen LogP contribution < -0.4 is 20.5 Å². The molecule has 0 unspecified atom stereocenters. The third-order valence-corrected chi connectivity index (χ3v) is 9.14. The number of carbonyl (C=O) groups excluding carboxylic acids is 1. The number of benzene rings is 3. The van der Waals surface area contributed by atoms with Crippen LogP contribution in [0.4, 0.5) is 11.4 Å². The Morgan fingerprint density at radius 2 is 1.76 bits per heavy atom. The minimum atomic E-state index is -4.45. The summed E-state index contributed by atoms with van der Waals surface area (Å²) in [7, 11) is -2.91. The molecule has 5 rings (SSSR count). The molecular weight excluding hydrogens is 554 g/mol. The van der Waals surface area contributed by atoms with E-state index in [0.29, 0.717) is 59.8 Å². The highest BCUT2D eigenvalue weighted by Crippen LogP contribution is 2.44. The van der Waals surface area contributed by atoms with Crippen molar-refractivity contribution in [3.05, 3.63) is 94.4 Å². The predicted octanol–water partition coefficient (Wildman–Crippen LogP) is 5.20. The van der Waals surface area contributed by atoms with Crippen LogP contribution in [0.15, 0.2) is 87.4 Å². The zero-order valence-corrected chi connectivity index (χ0v) is 24.3. The number of nitrogens with zero attached hydrogens (tertiary/aromatic N) is 1. The van der Waals surface area contributed by atoms with Gasteiger partial charge >= 0.3 is 0 Å². The Bertz CT molecular complexity index is 1780. The van der Waals surface area contributed by atoms with Crippen molar-refractivity contribution < 1.29 is 23.1 Å². The first-order valence-corrected chi connectivity index (χ1v) is 15.4. The molecule has 0 saturated carbocycles. The molecule has 2 heterocycles. The number of hydrogen-bond acceptors (Lipinski definition) is 7. The molecule has 3 aromatic carbocycles. The lowest BCUT2D eigenvalue weighted by molar-refractivity contribution is 0.0963. The van der Waals surface area contributed by atoms with Crippen molar-refractivity contribution in [3.8, 4) is 22.6 Å². The van der Waals surface area contributed by atoms with E-state index in [4.69, 9.17) is 4.74 Å². The number of carbonyl (C=O) groups is 1. The van der Waals surface area contributed by atoms with Crippen molar-refractivity contribution in [1.29, 1.82) is 0 Å². The summed E-state index contributed by atoms with van der Waals surface area (Å²) in [4.78, 5) is 29.5. The van der Waals surface area contributed by atoms with Crippen molar-refractivity contribution in [2.75, 3.05) is 25.1 Å². The van der Waals surface area contributed by atoms with Gasteiger partial charge in [0, 0.05) is 24.8 Å². The molecule has 218 valence electrons. The third-order valence-electron chi connectivity index (χ3n) is 7.33. The van der Waals surface area contributed by atoms with Crippen LogP contribution in [-0.4, -0.2) is 44.6 Å². The van der Waals surface area contributed by atoms with Gasteiger partial charge in [0.2, 0.25) is 9.84 Å². The molecule has 0 spiro atoms. The Kier molecular flexibility index (Phi) is 8.35. The number of fused-ring (bicyclic) bond motifs is 1. The quantitative estimate of drug-likeness (QED) is 0.258. The maximum Gasteiger partial charge on any atom is 0.271 e. The van der Waals surface area contributed by atoms with E-state index in [0.717, 1.165) is 12.8 Å². The average molecular weight is 588 g/mol. The number of anilines is 2. The molecule has 1 aliphatic rings. The van der Waals surface area contributed by atoms with E-state index in [1.165, 1.54) is 19.2 Å². The van der Waals surface area contributed by atoms with Crippen molar-refractivity contribution in [2.45, 2.75) is 42.4 Å². The Balaban J connectivity index is 1.63. The van der Waals surface area contributed by atoms with Crippen LogP contribution in [0.25, 0.3) is 11.1 Å². The van der Waals surface area contributed by atoms with Gasteiger partial charge in [-0.1, -0.05) is 55.8 Å². The third kappa shape index (κ3) is 5.37. The fourth-order valence-electron chi connectivity index (χ4n) is 5.24. The molecule has 1 aliphatic heterocycles. The zero-order chi connectivity index (χ0) is 29.9. The minimum Gasteiger partial charge on any atom is -0.504 e. The largest absolute Gasteiger partial charge is 0.504 e. The van der Waals surface area contributed by atoms with Crippen LogP contribution >= 0.6 is 0 Å². The highest BCUT2D eigenvalue weighted by atomic mass is 32.2. The fraction of sp³-hybridized carbons (Fsp3) is 0.250. The van der Waals surface area contributed by atoms with Gasteiger partial charge in [0.05, 0.1) is 17.2 Å². The molecule has 42 heavy (non-hydrogen) atoms. The molecule has 0 fully saturated rings. The second-order valence-electron chi connectivity index (χ2n) is 10.0. The van der Waals surface area contributed by atoms with Crippen LogP contribution in [-0.2, 0) is 16.3 Å². The standard InChI is InChI=1S/C32H33N3O6S/c1-3-4-12-25-28(35-19-9-20-41-27-14-8-7-13-26(27)35)29(36)30(32(38)34-25)42(39,40)22-17-15-21(16-18-22)23-10-5-6-11-24(23)31(37)33-2/h5-8,10-11,13-18H,3-4,9,12,19-20H2,1-2H3,(H,33,37)(H2,34,36,38). The second-order valence-corrected chi connectivity index (χ2v) is 11.9. The summed E-state index contributed by atoms with van der Waals surface area (Å²) in [6.45, 7) is 2.93. The SMILES string of the molecule is CCCCc1[nH]c(=O)c(S(=O)(=O)c2ccc(-c3ccccc3C(=O)NC)cc2)c(O)c1N1CCCOc2ccccc21. The van der Waals surface area contributed by atoms with Crippen LogP contribution in [0.2, 0.25) is 0 Å². The number of pyridine rings is 1. The maximum absolute atomic E-state index is 13.9. The van der Waals surface area contributed by atoms with E-state index < -0.39 is 26.0 Å². The number of aromatic hydroxyl groups is 1. The molecule has 3 N–H and O–H groups in total. The van der Waals surface area contributed by atoms with Gasteiger partial charge in [0.25, 0.3) is 11.5 Å². The molecule has 10 heteroatoms. The molecule has 4 aromatic rings. The number of aromatic nitrogens is 1. The van der Waals surface area contributed by atoms with E-state index in [2.05, 4.69) is 10.3 Å². The van der Waals surface area contributed by atoms with E-state index in [9.17, 15) is 23.1 Å². The van der Waals surface area contributed by atoms with Crippen LogP contribution in [0.3, 0.4) is 0 Å². The number of hydrogen-bond donors (Lipinski definition) is 3. The number of nitrogens with one attached hydrogen (secondary N) is 2. The summed E-state index contributed by atoms with van der Waals surface area (Å²) in [5.41, 5.74) is 2.23. The van der Waals surface area contributed by atoms with Gasteiger partial charge in [-0.05, 0) is 60.7 Å². The van der Waals surface area contributed by atoms with Crippen LogP contribution in [0.1, 0.15) is 42.2 Å². The average Bonchev–Trinajstić information content (AvgIpc) is 3.22. The molecule has 0 atom stereocenters. The van der Waals surface area contributed by atoms with Crippen LogP contribution in [0.5, 0.6) is 11.5 Å². The first-order valence-electron chi connectivity index (χ1n) is 13.9. The number of sulfone groups is 1. The Labute approximate surface area is 244 Å². The summed E-state index contributed by atoms with van der Waals surface area (Å²) in [5, 5.41) is 14.3. The van der Waals surface area contributed by atoms with Gasteiger partial charge in [0.1, 0.15) is 11.4 Å². The number of unbranched alkanes of at least 4 members (excludes halogenated alkanes) is 1. The molecule has 0 saturated heterocycles. The van der Waals surface area contributed by atoms with Crippen LogP contribution in [0, 0.1) is 0 Å². The van der Waals surface area contributed by atoms with Gasteiger partial charge in [0.15, 0.2) is 10.6 Å².